The van der Waals surface area contributed by atoms with E-state index in [4.69, 9.17) is 0 Å². The minimum absolute atomic E-state index is 1.39. The van der Waals surface area contributed by atoms with E-state index in [0.717, 1.165) is 0 Å². The van der Waals surface area contributed by atoms with E-state index >= 15 is 0 Å². The van der Waals surface area contributed by atoms with Gasteiger partial charge in [0.2, 0.25) is 0 Å². The van der Waals surface area contributed by atoms with Crippen LogP contribution >= 0.6 is 0 Å². The highest BCUT2D eigenvalue weighted by Crippen LogP contribution is 2.65. The van der Waals surface area contributed by atoms with Gasteiger partial charge in [-0.15, -0.1) is 0 Å². The summed E-state index contributed by atoms with van der Waals surface area (Å²) in [5.74, 6) is -13.8. The number of rotatable bonds is 8. The molecule has 0 saturated carbocycles. The maximum atomic E-state index is 14.7. The van der Waals surface area contributed by atoms with Gasteiger partial charge in [0.15, 0.2) is 0 Å². The molecule has 0 aromatic heterocycles. The van der Waals surface area contributed by atoms with Crippen LogP contribution in [-0.2, 0) is 4.74 Å². The van der Waals surface area contributed by atoms with Crippen molar-refractivity contribution < 1.29 is 128 Å². The third kappa shape index (κ3) is 6.91. The van der Waals surface area contributed by atoms with Crippen LogP contribution in [0.4, 0.5) is 123 Å². The molecule has 0 bridgehead atoms. The van der Waals surface area contributed by atoms with Crippen LogP contribution in [0.25, 0.3) is 0 Å². The normalized spacial score (nSPS) is 17.9. The van der Waals surface area contributed by atoms with E-state index < -0.39 is 110 Å². The zero-order chi connectivity index (χ0) is 39.0. The van der Waals surface area contributed by atoms with Crippen LogP contribution in [0.1, 0.15) is 13.8 Å². The summed E-state index contributed by atoms with van der Waals surface area (Å²) in [5, 5.41) is 0. The SMILES string of the molecule is CC(OC(C)C(C(F)(C(F)(F)F)C(F)(F)F)C(F)(C(F)(F)F)C(F)(F)F)C(C(F)(C(F)(F)F)C(F)(F)F)C(F)(C(F)(F)F)C(F)(F)F. The summed E-state index contributed by atoms with van der Waals surface area (Å²) in [4.78, 5) is 0. The lowest BCUT2D eigenvalue weighted by Crippen LogP contribution is -2.75. The molecule has 47 heavy (non-hydrogen) atoms. The van der Waals surface area contributed by atoms with E-state index in [1.807, 2.05) is 0 Å². The van der Waals surface area contributed by atoms with Gasteiger partial charge in [-0.1, -0.05) is 0 Å². The van der Waals surface area contributed by atoms with Crippen molar-refractivity contribution in [2.24, 2.45) is 11.8 Å². The first-order valence-corrected chi connectivity index (χ1v) is 10.7. The molecule has 0 aromatic carbocycles. The summed E-state index contributed by atoms with van der Waals surface area (Å²) in [5.41, 5.74) is -33.7. The minimum Gasteiger partial charge on any atom is -0.374 e. The number of alkyl halides is 28. The van der Waals surface area contributed by atoms with Gasteiger partial charge < -0.3 is 4.74 Å². The Morgan fingerprint density at radius 2 is 0.362 bits per heavy atom. The topological polar surface area (TPSA) is 9.23 Å². The largest absolute Gasteiger partial charge is 0.432 e. The molecular weight excluding hydrogens is 764 g/mol. The highest BCUT2D eigenvalue weighted by atomic mass is 19.5. The van der Waals surface area contributed by atoms with Gasteiger partial charge in [0.05, 0.1) is 24.0 Å². The van der Waals surface area contributed by atoms with Crippen LogP contribution in [0, 0.1) is 11.8 Å². The molecule has 0 amide bonds. The molecular formula is C18H10F28O. The molecule has 0 saturated heterocycles. The molecule has 0 rings (SSSR count). The summed E-state index contributed by atoms with van der Waals surface area (Å²) in [6.45, 7) is -2.78. The van der Waals surface area contributed by atoms with Crippen LogP contribution in [0.3, 0.4) is 0 Å². The van der Waals surface area contributed by atoms with Crippen LogP contribution in [0.2, 0.25) is 0 Å². The van der Waals surface area contributed by atoms with E-state index in [1.165, 1.54) is 0 Å². The first-order chi connectivity index (χ1) is 19.8. The molecule has 0 fully saturated rings. The summed E-state index contributed by atoms with van der Waals surface area (Å²) >= 11 is 0. The molecule has 0 heterocycles. The minimum atomic E-state index is -8.43. The Labute approximate surface area is 239 Å². The van der Waals surface area contributed by atoms with Crippen molar-refractivity contribution in [2.75, 3.05) is 0 Å². The summed E-state index contributed by atoms with van der Waals surface area (Å²) in [7, 11) is 0. The third-order valence-corrected chi connectivity index (χ3v) is 6.38. The van der Waals surface area contributed by atoms with Gasteiger partial charge in [-0.25, -0.2) is 17.6 Å². The van der Waals surface area contributed by atoms with Gasteiger partial charge in [0.1, 0.15) is 0 Å². The summed E-state index contributed by atoms with van der Waals surface area (Å²) in [6.07, 6.45) is -77.6. The Hall–Kier alpha value is -2.00. The smallest absolute Gasteiger partial charge is 0.374 e. The number of halogens is 28. The van der Waals surface area contributed by atoms with Crippen molar-refractivity contribution in [3.63, 3.8) is 0 Å². The van der Waals surface area contributed by atoms with E-state index in [0.29, 0.717) is 0 Å². The van der Waals surface area contributed by atoms with Crippen molar-refractivity contribution in [1.29, 1.82) is 0 Å². The molecule has 0 radical (unpaired) electrons. The van der Waals surface area contributed by atoms with Gasteiger partial charge in [-0.3, -0.25) is 0 Å². The molecule has 0 aliphatic rings. The van der Waals surface area contributed by atoms with E-state index in [9.17, 15) is 123 Å². The van der Waals surface area contributed by atoms with Crippen LogP contribution in [0.5, 0.6) is 0 Å². The predicted molar refractivity (Wildman–Crippen MR) is 90.8 cm³/mol. The lowest BCUT2D eigenvalue weighted by molar-refractivity contribution is -0.437. The fourth-order valence-corrected chi connectivity index (χ4v) is 4.39. The average molecular weight is 774 g/mol. The van der Waals surface area contributed by atoms with E-state index in [-0.39, 0.29) is 0 Å². The Morgan fingerprint density at radius 1 is 0.255 bits per heavy atom. The van der Waals surface area contributed by atoms with Crippen molar-refractivity contribution in [2.45, 2.75) is 98.1 Å². The maximum absolute atomic E-state index is 14.7. The fourth-order valence-electron chi connectivity index (χ4n) is 4.39. The van der Waals surface area contributed by atoms with Crippen LogP contribution in [-0.4, -0.2) is 84.3 Å². The van der Waals surface area contributed by atoms with E-state index in [1.54, 1.807) is 0 Å². The Balaban J connectivity index is 8.44. The molecule has 0 aliphatic heterocycles. The zero-order valence-corrected chi connectivity index (χ0v) is 21.3. The molecule has 29 heteroatoms. The van der Waals surface area contributed by atoms with Crippen molar-refractivity contribution in [3.05, 3.63) is 0 Å². The van der Waals surface area contributed by atoms with Crippen molar-refractivity contribution in [1.82, 2.24) is 0 Å². The number of hydrogen-bond acceptors (Lipinski definition) is 1. The number of ether oxygens (including phenoxy) is 1. The van der Waals surface area contributed by atoms with Gasteiger partial charge in [0, 0.05) is 0 Å². The first kappa shape index (κ1) is 45.0. The molecule has 2 unspecified atom stereocenters. The molecule has 1 nitrogen and oxygen atoms in total. The lowest BCUT2D eigenvalue weighted by Gasteiger charge is -2.49. The lowest BCUT2D eigenvalue weighted by atomic mass is 9.70. The van der Waals surface area contributed by atoms with Gasteiger partial charge >= 0.3 is 72.1 Å². The molecule has 0 aliphatic carbocycles. The fraction of sp³-hybridized carbons (Fsp3) is 1.00. The van der Waals surface area contributed by atoms with Gasteiger partial charge in [0.25, 0.3) is 0 Å². The summed E-state index contributed by atoms with van der Waals surface area (Å²) in [6, 6.07) is 0. The zero-order valence-electron chi connectivity index (χ0n) is 21.3. The second-order valence-electron chi connectivity index (χ2n) is 9.33. The van der Waals surface area contributed by atoms with Gasteiger partial charge in [-0.2, -0.15) is 105 Å². The quantitative estimate of drug-likeness (QED) is 0.223. The molecule has 0 aromatic rings. The highest BCUT2D eigenvalue weighted by molar-refractivity contribution is 5.17. The maximum Gasteiger partial charge on any atom is 0.432 e. The third-order valence-electron chi connectivity index (χ3n) is 6.38. The Kier molecular flexibility index (Phi) is 11.3. The standard InChI is InChI=1S/C18H10F28O/c1-3(5(7(19,11(23,24)25)12(26,27)28)8(20,13(29,30)31)14(32,33)34)47-4(2)6(9(21,15(35,36)37)16(38,39)40)10(22,17(41,42)43)18(44,45)46/h3-6H,1-2H3. The second-order valence-corrected chi connectivity index (χ2v) is 9.33. The number of hydrogen-bond donors (Lipinski definition) is 0. The molecule has 0 spiro atoms. The molecule has 2 atom stereocenters. The predicted octanol–water partition coefficient (Wildman–Crippen LogP) is 10.3. The Bertz CT molecular complexity index is 841. The van der Waals surface area contributed by atoms with Crippen molar-refractivity contribution in [3.8, 4) is 0 Å². The highest BCUT2D eigenvalue weighted by Gasteiger charge is 2.91. The second kappa shape index (κ2) is 11.8. The molecule has 284 valence electrons. The average Bonchev–Trinajstić information content (AvgIpc) is 2.72. The van der Waals surface area contributed by atoms with Crippen molar-refractivity contribution >= 4 is 0 Å². The first-order valence-electron chi connectivity index (χ1n) is 10.7. The Morgan fingerprint density at radius 3 is 0.447 bits per heavy atom. The monoisotopic (exact) mass is 774 g/mol. The van der Waals surface area contributed by atoms with Gasteiger partial charge in [-0.05, 0) is 13.8 Å². The van der Waals surface area contributed by atoms with Crippen LogP contribution < -0.4 is 0 Å². The summed E-state index contributed by atoms with van der Waals surface area (Å²) < 4.78 is 380. The van der Waals surface area contributed by atoms with Crippen LogP contribution in [0.15, 0.2) is 0 Å². The van der Waals surface area contributed by atoms with E-state index in [2.05, 4.69) is 4.74 Å². The molecule has 0 N–H and O–H groups in total.